The number of likely N-dealkylation sites (tertiary alicyclic amines) is 1. The molecule has 4 N–H and O–H groups in total. The lowest BCUT2D eigenvalue weighted by molar-refractivity contribution is -0.119. The third kappa shape index (κ3) is 4.05. The van der Waals surface area contributed by atoms with Crippen LogP contribution in [-0.4, -0.2) is 30.4 Å². The molecule has 0 radical (unpaired) electrons. The molecule has 0 bridgehead atoms. The average Bonchev–Trinajstić information content (AvgIpc) is 2.46. The molecule has 20 heavy (non-hydrogen) atoms. The molecule has 1 aliphatic heterocycles. The van der Waals surface area contributed by atoms with Crippen molar-refractivity contribution in [3.63, 3.8) is 0 Å². The molecule has 1 atom stereocenters. The maximum atomic E-state index is 11.0. The van der Waals surface area contributed by atoms with Crippen molar-refractivity contribution >= 4 is 5.91 Å². The standard InChI is InChI=1S/C16H25N3O/c17-9-6-15(14-4-2-1-3-5-14)19-10-7-13(8-11-19)12-16(18)20/h1-5,13,15H,6-12,17H2,(H2,18,20). The van der Waals surface area contributed by atoms with E-state index in [9.17, 15) is 4.79 Å². The number of primary amides is 1. The third-order valence-corrected chi connectivity index (χ3v) is 4.20. The van der Waals surface area contributed by atoms with Crippen LogP contribution in [-0.2, 0) is 4.79 Å². The lowest BCUT2D eigenvalue weighted by atomic mass is 9.91. The van der Waals surface area contributed by atoms with Crippen molar-refractivity contribution in [2.24, 2.45) is 17.4 Å². The van der Waals surface area contributed by atoms with Crippen LogP contribution in [0.5, 0.6) is 0 Å². The first-order chi connectivity index (χ1) is 9.70. The first-order valence-electron chi connectivity index (χ1n) is 7.48. The van der Waals surface area contributed by atoms with E-state index in [2.05, 4.69) is 29.2 Å². The summed E-state index contributed by atoms with van der Waals surface area (Å²) in [6, 6.07) is 11.0. The van der Waals surface area contributed by atoms with Crippen LogP contribution in [0.1, 0.15) is 37.3 Å². The smallest absolute Gasteiger partial charge is 0.217 e. The van der Waals surface area contributed by atoms with E-state index >= 15 is 0 Å². The molecule has 1 heterocycles. The Bertz CT molecular complexity index is 413. The number of carbonyl (C=O) groups is 1. The zero-order valence-electron chi connectivity index (χ0n) is 12.0. The number of amides is 1. The molecule has 1 saturated heterocycles. The van der Waals surface area contributed by atoms with Crippen LogP contribution in [0.2, 0.25) is 0 Å². The highest BCUT2D eigenvalue weighted by Gasteiger charge is 2.26. The fourth-order valence-corrected chi connectivity index (χ4v) is 3.15. The van der Waals surface area contributed by atoms with Crippen molar-refractivity contribution in [2.45, 2.75) is 31.7 Å². The molecule has 1 aromatic rings. The van der Waals surface area contributed by atoms with Gasteiger partial charge in [0.15, 0.2) is 0 Å². The van der Waals surface area contributed by atoms with Crippen LogP contribution in [0.3, 0.4) is 0 Å². The Hall–Kier alpha value is -1.39. The molecule has 0 spiro atoms. The number of piperidine rings is 1. The molecule has 1 unspecified atom stereocenters. The maximum absolute atomic E-state index is 11.0. The Morgan fingerprint density at radius 2 is 1.90 bits per heavy atom. The molecule has 110 valence electrons. The minimum atomic E-state index is -0.176. The largest absolute Gasteiger partial charge is 0.370 e. The molecule has 4 heteroatoms. The minimum Gasteiger partial charge on any atom is -0.370 e. The SMILES string of the molecule is NCCC(c1ccccc1)N1CCC(CC(N)=O)CC1. The second kappa shape index (κ2) is 7.41. The summed E-state index contributed by atoms with van der Waals surface area (Å²) >= 11 is 0. The molecular formula is C16H25N3O. The summed E-state index contributed by atoms with van der Waals surface area (Å²) in [6.45, 7) is 2.75. The lowest BCUT2D eigenvalue weighted by Gasteiger charge is -2.37. The molecule has 1 fully saturated rings. The van der Waals surface area contributed by atoms with E-state index in [-0.39, 0.29) is 5.91 Å². The van der Waals surface area contributed by atoms with Crippen LogP contribution in [0.4, 0.5) is 0 Å². The number of hydrogen-bond acceptors (Lipinski definition) is 3. The van der Waals surface area contributed by atoms with Crippen molar-refractivity contribution in [1.82, 2.24) is 4.90 Å². The van der Waals surface area contributed by atoms with E-state index in [1.54, 1.807) is 0 Å². The van der Waals surface area contributed by atoms with Crippen LogP contribution < -0.4 is 11.5 Å². The van der Waals surface area contributed by atoms with Crippen LogP contribution in [0.15, 0.2) is 30.3 Å². The van der Waals surface area contributed by atoms with Crippen molar-refractivity contribution in [1.29, 1.82) is 0 Å². The molecule has 4 nitrogen and oxygen atoms in total. The molecule has 1 amide bonds. The van der Waals surface area contributed by atoms with Gasteiger partial charge >= 0.3 is 0 Å². The Morgan fingerprint density at radius 3 is 2.45 bits per heavy atom. The maximum Gasteiger partial charge on any atom is 0.217 e. The second-order valence-corrected chi connectivity index (χ2v) is 5.65. The van der Waals surface area contributed by atoms with E-state index in [1.807, 2.05) is 6.07 Å². The topological polar surface area (TPSA) is 72.3 Å². The van der Waals surface area contributed by atoms with Gasteiger partial charge in [-0.25, -0.2) is 0 Å². The van der Waals surface area contributed by atoms with Gasteiger partial charge in [0.05, 0.1) is 0 Å². The van der Waals surface area contributed by atoms with E-state index in [0.29, 0.717) is 24.9 Å². The Balaban J connectivity index is 1.97. The van der Waals surface area contributed by atoms with Crippen molar-refractivity contribution in [3.8, 4) is 0 Å². The number of nitrogens with two attached hydrogens (primary N) is 2. The highest BCUT2D eigenvalue weighted by atomic mass is 16.1. The minimum absolute atomic E-state index is 0.176. The summed E-state index contributed by atoms with van der Waals surface area (Å²) in [7, 11) is 0. The predicted molar refractivity (Wildman–Crippen MR) is 81.0 cm³/mol. The summed E-state index contributed by atoms with van der Waals surface area (Å²) in [6.07, 6.45) is 3.61. The number of benzene rings is 1. The van der Waals surface area contributed by atoms with Gasteiger partial charge in [0.25, 0.3) is 0 Å². The fourth-order valence-electron chi connectivity index (χ4n) is 3.15. The molecule has 0 saturated carbocycles. The highest BCUT2D eigenvalue weighted by molar-refractivity contribution is 5.73. The number of nitrogens with zero attached hydrogens (tertiary/aromatic N) is 1. The first kappa shape index (κ1) is 15.0. The molecule has 0 aliphatic carbocycles. The predicted octanol–water partition coefficient (Wildman–Crippen LogP) is 1.66. The summed E-state index contributed by atoms with van der Waals surface area (Å²) in [4.78, 5) is 13.5. The summed E-state index contributed by atoms with van der Waals surface area (Å²) < 4.78 is 0. The van der Waals surface area contributed by atoms with Gasteiger partial charge < -0.3 is 11.5 Å². The second-order valence-electron chi connectivity index (χ2n) is 5.65. The van der Waals surface area contributed by atoms with Crippen molar-refractivity contribution < 1.29 is 4.79 Å². The zero-order chi connectivity index (χ0) is 14.4. The van der Waals surface area contributed by atoms with Gasteiger partial charge in [-0.3, -0.25) is 9.69 Å². The van der Waals surface area contributed by atoms with E-state index in [1.165, 1.54) is 5.56 Å². The normalized spacial score (nSPS) is 18.9. The van der Waals surface area contributed by atoms with Gasteiger partial charge in [-0.15, -0.1) is 0 Å². The lowest BCUT2D eigenvalue weighted by Crippen LogP contribution is -2.38. The van der Waals surface area contributed by atoms with Gasteiger partial charge in [-0.1, -0.05) is 30.3 Å². The van der Waals surface area contributed by atoms with Gasteiger partial charge in [-0.2, -0.15) is 0 Å². The van der Waals surface area contributed by atoms with E-state index < -0.39 is 0 Å². The van der Waals surface area contributed by atoms with Gasteiger partial charge in [0.2, 0.25) is 5.91 Å². The molecule has 2 rings (SSSR count). The van der Waals surface area contributed by atoms with Crippen LogP contribution in [0.25, 0.3) is 0 Å². The number of hydrogen-bond donors (Lipinski definition) is 2. The summed E-state index contributed by atoms with van der Waals surface area (Å²) in [5, 5.41) is 0. The van der Waals surface area contributed by atoms with Crippen molar-refractivity contribution in [2.75, 3.05) is 19.6 Å². The molecular weight excluding hydrogens is 250 g/mol. The van der Waals surface area contributed by atoms with Crippen LogP contribution in [0, 0.1) is 5.92 Å². The first-order valence-corrected chi connectivity index (χ1v) is 7.48. The zero-order valence-corrected chi connectivity index (χ0v) is 12.0. The van der Waals surface area contributed by atoms with Gasteiger partial charge in [-0.05, 0) is 50.4 Å². The molecule has 1 aliphatic rings. The summed E-state index contributed by atoms with van der Waals surface area (Å²) in [5.74, 6) is 0.281. The van der Waals surface area contributed by atoms with E-state index in [4.69, 9.17) is 11.5 Å². The quantitative estimate of drug-likeness (QED) is 0.829. The highest BCUT2D eigenvalue weighted by Crippen LogP contribution is 2.29. The molecule has 1 aromatic carbocycles. The third-order valence-electron chi connectivity index (χ3n) is 4.20. The van der Waals surface area contributed by atoms with Gasteiger partial charge in [0, 0.05) is 12.5 Å². The Kier molecular flexibility index (Phi) is 5.56. The fraction of sp³-hybridized carbons (Fsp3) is 0.562. The van der Waals surface area contributed by atoms with Crippen LogP contribution >= 0.6 is 0 Å². The molecule has 0 aromatic heterocycles. The number of rotatable bonds is 6. The summed E-state index contributed by atoms with van der Waals surface area (Å²) in [5.41, 5.74) is 12.4. The average molecular weight is 275 g/mol. The Labute approximate surface area is 121 Å². The number of carbonyl (C=O) groups excluding carboxylic acids is 1. The Morgan fingerprint density at radius 1 is 1.25 bits per heavy atom. The van der Waals surface area contributed by atoms with Gasteiger partial charge in [0.1, 0.15) is 0 Å². The van der Waals surface area contributed by atoms with E-state index in [0.717, 1.165) is 32.4 Å². The monoisotopic (exact) mass is 275 g/mol. The van der Waals surface area contributed by atoms with Crippen molar-refractivity contribution in [3.05, 3.63) is 35.9 Å².